The fraction of sp³-hybridized carbons (Fsp3) is 0.545. The Morgan fingerprint density at radius 1 is 1.79 bits per heavy atom. The van der Waals surface area contributed by atoms with E-state index in [1.165, 1.54) is 0 Å². The van der Waals surface area contributed by atoms with Gasteiger partial charge in [0.25, 0.3) is 0 Å². The minimum Gasteiger partial charge on any atom is -0.384 e. The van der Waals surface area contributed by atoms with Crippen LogP contribution in [0.5, 0.6) is 0 Å². The number of nitrogens with zero attached hydrogens (tertiary/aromatic N) is 2. The van der Waals surface area contributed by atoms with Crippen LogP contribution in [0.25, 0.3) is 0 Å². The van der Waals surface area contributed by atoms with E-state index >= 15 is 0 Å². The van der Waals surface area contributed by atoms with Crippen molar-refractivity contribution >= 4 is 11.6 Å². The molecular formula is C11H17N3. The van der Waals surface area contributed by atoms with E-state index in [0.717, 1.165) is 0 Å². The summed E-state index contributed by atoms with van der Waals surface area (Å²) >= 11 is 0. The van der Waals surface area contributed by atoms with Crippen molar-refractivity contribution in [2.75, 3.05) is 17.1 Å². The van der Waals surface area contributed by atoms with Crippen LogP contribution in [0.2, 0.25) is 0 Å². The Balaban J connectivity index is 3.09. The van der Waals surface area contributed by atoms with E-state index in [-0.39, 0.29) is 4.90 Å². The van der Waals surface area contributed by atoms with E-state index in [1.807, 2.05) is 0 Å². The molecule has 2 heterocycles. The molecule has 0 amide bonds. The molecule has 1 unspecified atom stereocenters. The normalized spacial score (nSPS) is 58.6. The van der Waals surface area contributed by atoms with Crippen LogP contribution in [0.3, 0.4) is 0 Å². The number of hydrogen-bond acceptors (Lipinski definition) is 3. The molecule has 1 saturated heterocycles. The number of piperidine rings is 1. The van der Waals surface area contributed by atoms with E-state index in [2.05, 4.69) is 4.98 Å². The second kappa shape index (κ2) is 3.86. The second-order valence-electron chi connectivity index (χ2n) is 2.37. The van der Waals surface area contributed by atoms with Crippen molar-refractivity contribution in [1.82, 2.24) is 4.98 Å². The van der Waals surface area contributed by atoms with Gasteiger partial charge < -0.3 is 10.6 Å². The summed E-state index contributed by atoms with van der Waals surface area (Å²) in [6.07, 6.45) is -11.4. The molecule has 1 atom stereocenters. The van der Waals surface area contributed by atoms with Crippen molar-refractivity contribution in [3.05, 3.63) is 18.1 Å². The first-order chi connectivity index (χ1) is 12.6. The average Bonchev–Trinajstić information content (AvgIpc) is 2.54. The van der Waals surface area contributed by atoms with Gasteiger partial charge in [-0.05, 0) is 38.1 Å². The molecule has 0 spiro atoms. The lowest BCUT2D eigenvalue weighted by atomic mass is 10.0. The summed E-state index contributed by atoms with van der Waals surface area (Å²) in [7, 11) is 0. The lowest BCUT2D eigenvalue weighted by Gasteiger charge is -2.34. The Bertz CT molecular complexity index is 847. The first kappa shape index (κ1) is 2.13. The van der Waals surface area contributed by atoms with Gasteiger partial charge in [0.1, 0.15) is 11.6 Å². The van der Waals surface area contributed by atoms with Gasteiger partial charge in [0, 0.05) is 27.6 Å². The number of nitrogen functional groups attached to an aromatic ring is 1. The molecule has 3 nitrogen and oxygen atoms in total. The molecule has 0 saturated carbocycles. The molecule has 1 aromatic heterocycles. The SMILES string of the molecule is [2H]c1c(N)nc(N2C([2H])([2H])C([2H])([2H])C([2H])([2H])C([2H])([2H])C2([2H])C([2H])([2H])[2H])c([2H])c1[2H]. The third kappa shape index (κ3) is 1.81. The van der Waals surface area contributed by atoms with Crippen LogP contribution in [0.4, 0.5) is 11.6 Å². The van der Waals surface area contributed by atoms with Crippen LogP contribution in [0.1, 0.15) is 46.5 Å². The number of anilines is 2. The van der Waals surface area contributed by atoms with Gasteiger partial charge in [0.05, 0.1) is 5.48 Å². The Kier molecular flexibility index (Phi) is 0.588. The van der Waals surface area contributed by atoms with Crippen molar-refractivity contribution in [2.24, 2.45) is 0 Å². The first-order valence-electron chi connectivity index (χ1n) is 11.2. The third-order valence-corrected chi connectivity index (χ3v) is 1.44. The smallest absolute Gasteiger partial charge is 0.131 e. The number of pyridine rings is 1. The molecule has 1 aliphatic rings. The predicted molar refractivity (Wildman–Crippen MR) is 59.3 cm³/mol. The average molecular weight is 206 g/mol. The van der Waals surface area contributed by atoms with Crippen molar-refractivity contribution in [1.29, 1.82) is 0 Å². The zero-order valence-corrected chi connectivity index (χ0v) is 6.97. The van der Waals surface area contributed by atoms with Gasteiger partial charge in [0.2, 0.25) is 0 Å². The summed E-state index contributed by atoms with van der Waals surface area (Å²) in [5.41, 5.74) is 5.46. The summed E-state index contributed by atoms with van der Waals surface area (Å²) in [6.45, 7) is -7.51. The lowest BCUT2D eigenvalue weighted by Crippen LogP contribution is -2.37. The molecule has 0 radical (unpaired) electrons. The topological polar surface area (TPSA) is 42.1 Å². The Hall–Kier alpha value is -1.25. The van der Waals surface area contributed by atoms with Crippen molar-refractivity contribution in [3.63, 3.8) is 0 Å². The molecule has 1 aromatic rings. The molecule has 76 valence electrons. The summed E-state index contributed by atoms with van der Waals surface area (Å²) in [5.74, 6) is -1.93. The zero-order valence-electron chi connectivity index (χ0n) is 22.0. The summed E-state index contributed by atoms with van der Waals surface area (Å²) < 4.78 is 119. The number of hydrogen-bond donors (Lipinski definition) is 1. The van der Waals surface area contributed by atoms with Crippen LogP contribution in [-0.2, 0) is 0 Å². The second-order valence-corrected chi connectivity index (χ2v) is 2.37. The van der Waals surface area contributed by atoms with Gasteiger partial charge >= 0.3 is 0 Å². The summed E-state index contributed by atoms with van der Waals surface area (Å²) in [5, 5.41) is 0. The maximum Gasteiger partial charge on any atom is 0.131 e. The quantitative estimate of drug-likeness (QED) is 0.764. The van der Waals surface area contributed by atoms with Gasteiger partial charge in [-0.3, -0.25) is 0 Å². The van der Waals surface area contributed by atoms with Crippen LogP contribution in [0, 0.1) is 0 Å². The molecule has 0 bridgehead atoms. The minimum absolute atomic E-state index is 0.287. The predicted octanol–water partition coefficient (Wildman–Crippen LogP) is 2.04. The maximum absolute atomic E-state index is 8.42. The molecular weight excluding hydrogens is 174 g/mol. The third-order valence-electron chi connectivity index (χ3n) is 1.44. The minimum atomic E-state index is -3.87. The molecule has 1 fully saturated rings. The van der Waals surface area contributed by atoms with E-state index in [0.29, 0.717) is 0 Å². The van der Waals surface area contributed by atoms with Crippen LogP contribution >= 0.6 is 0 Å². The fourth-order valence-electron chi connectivity index (χ4n) is 0.872. The van der Waals surface area contributed by atoms with Crippen molar-refractivity contribution in [3.8, 4) is 0 Å². The molecule has 1 aliphatic heterocycles. The molecule has 3 heteroatoms. The van der Waals surface area contributed by atoms with Gasteiger partial charge in [-0.2, -0.15) is 0 Å². The van der Waals surface area contributed by atoms with Crippen LogP contribution in [0.15, 0.2) is 18.1 Å². The molecule has 0 aliphatic carbocycles. The van der Waals surface area contributed by atoms with E-state index in [9.17, 15) is 0 Å². The maximum atomic E-state index is 8.42. The Morgan fingerprint density at radius 3 is 3.57 bits per heavy atom. The Morgan fingerprint density at radius 2 is 2.71 bits per heavy atom. The van der Waals surface area contributed by atoms with Gasteiger partial charge in [0.15, 0.2) is 0 Å². The van der Waals surface area contributed by atoms with Gasteiger partial charge in [-0.1, -0.05) is 6.04 Å². The lowest BCUT2D eigenvalue weighted by molar-refractivity contribution is 0.481. The summed E-state index contributed by atoms with van der Waals surface area (Å²) in [4.78, 5) is 3.20. The fourth-order valence-corrected chi connectivity index (χ4v) is 0.872. The van der Waals surface area contributed by atoms with Gasteiger partial charge in [-0.25, -0.2) is 4.98 Å². The molecule has 0 aromatic carbocycles. The Labute approximate surface area is 106 Å². The van der Waals surface area contributed by atoms with E-state index in [1.54, 1.807) is 0 Å². The van der Waals surface area contributed by atoms with Gasteiger partial charge in [-0.15, -0.1) is 0 Å². The monoisotopic (exact) mass is 206 g/mol. The highest BCUT2D eigenvalue weighted by molar-refractivity contribution is 5.45. The number of rotatable bonds is 1. The van der Waals surface area contributed by atoms with E-state index < -0.39 is 68.2 Å². The molecule has 2 rings (SSSR count). The summed E-state index contributed by atoms with van der Waals surface area (Å²) in [6, 6.07) is -6.62. The van der Waals surface area contributed by atoms with Crippen molar-refractivity contribution < 1.29 is 20.6 Å². The number of nitrogens with two attached hydrogens (primary N) is 1. The first-order valence-corrected chi connectivity index (χ1v) is 3.66. The van der Waals surface area contributed by atoms with Crippen LogP contribution in [-0.4, -0.2) is 17.5 Å². The molecule has 2 N–H and O–H groups in total. The standard InChI is InChI=1S/C11H17N3/c1-9-5-2-3-8-14(9)11-7-4-6-10(12)13-11/h4,6-7,9H,2-3,5,8H2,1H3,(H2,12,13)/i1D3,2D2,3D2,4D,5D2,6D,7D,8D2,9D. The van der Waals surface area contributed by atoms with E-state index in [4.69, 9.17) is 26.3 Å². The highest BCUT2D eigenvalue weighted by Crippen LogP contribution is 2.23. The largest absolute Gasteiger partial charge is 0.384 e. The molecule has 14 heavy (non-hydrogen) atoms. The van der Waals surface area contributed by atoms with Crippen molar-refractivity contribution in [2.45, 2.75) is 32.0 Å². The van der Waals surface area contributed by atoms with Crippen LogP contribution < -0.4 is 10.6 Å². The zero-order chi connectivity index (χ0) is 23.2. The highest BCUT2D eigenvalue weighted by atomic mass is 15.2. The number of aromatic nitrogens is 1. The highest BCUT2D eigenvalue weighted by Gasteiger charge is 2.19.